The van der Waals surface area contributed by atoms with Crippen LogP contribution in [0.25, 0.3) is 0 Å². The number of hydrogen-bond donors (Lipinski definition) is 2. The van der Waals surface area contributed by atoms with Gasteiger partial charge in [0.15, 0.2) is 0 Å². The molecule has 1 heterocycles. The molecule has 2 aromatic rings. The third-order valence-corrected chi connectivity index (χ3v) is 4.70. The molecule has 1 saturated heterocycles. The highest BCUT2D eigenvalue weighted by Gasteiger charge is 2.24. The minimum Gasteiger partial charge on any atom is -0.399 e. The van der Waals surface area contributed by atoms with Crippen LogP contribution in [0.3, 0.4) is 0 Å². The van der Waals surface area contributed by atoms with Crippen LogP contribution < -0.4 is 11.1 Å². The topological polar surface area (TPSA) is 58.4 Å². The number of likely N-dealkylation sites (tertiary alicyclic amines) is 1. The van der Waals surface area contributed by atoms with Crippen molar-refractivity contribution in [1.29, 1.82) is 0 Å². The van der Waals surface area contributed by atoms with Gasteiger partial charge < -0.3 is 11.1 Å². The summed E-state index contributed by atoms with van der Waals surface area (Å²) in [7, 11) is 0. The summed E-state index contributed by atoms with van der Waals surface area (Å²) in [6.07, 6.45) is 1.72. The average Bonchev–Trinajstić information content (AvgIpc) is 2.62. The monoisotopic (exact) mass is 341 g/mol. The number of nitrogen functional groups attached to an aromatic ring is 1. The molecule has 0 aromatic heterocycles. The molecule has 1 fully saturated rings. The van der Waals surface area contributed by atoms with Gasteiger partial charge >= 0.3 is 0 Å². The van der Waals surface area contributed by atoms with Gasteiger partial charge in [0.1, 0.15) is 5.82 Å². The highest BCUT2D eigenvalue weighted by atomic mass is 19.1. The smallest absolute Gasteiger partial charge is 0.223 e. The molecule has 0 aliphatic carbocycles. The van der Waals surface area contributed by atoms with Crippen molar-refractivity contribution >= 4 is 11.6 Å². The molecule has 132 valence electrons. The van der Waals surface area contributed by atoms with E-state index in [-0.39, 0.29) is 17.6 Å². The van der Waals surface area contributed by atoms with Crippen molar-refractivity contribution in [3.8, 4) is 0 Å². The van der Waals surface area contributed by atoms with E-state index in [9.17, 15) is 9.18 Å². The largest absolute Gasteiger partial charge is 0.399 e. The molecule has 0 spiro atoms. The zero-order valence-corrected chi connectivity index (χ0v) is 14.2. The van der Waals surface area contributed by atoms with Gasteiger partial charge in [-0.05, 0) is 61.3 Å². The molecule has 0 unspecified atom stereocenters. The van der Waals surface area contributed by atoms with Crippen LogP contribution in [0.1, 0.15) is 24.0 Å². The predicted octanol–water partition coefficient (Wildman–Crippen LogP) is 2.94. The SMILES string of the molecule is Nc1cccc(CN2CCC(C(=O)NCc3ccc(F)cc3)CC2)c1. The summed E-state index contributed by atoms with van der Waals surface area (Å²) in [6, 6.07) is 14.2. The number of anilines is 1. The summed E-state index contributed by atoms with van der Waals surface area (Å²) < 4.78 is 12.9. The summed E-state index contributed by atoms with van der Waals surface area (Å²) in [5.41, 5.74) is 8.73. The molecule has 3 rings (SSSR count). The molecule has 2 aromatic carbocycles. The van der Waals surface area contributed by atoms with E-state index in [0.29, 0.717) is 6.54 Å². The molecular formula is C20H24FN3O. The predicted molar refractivity (Wildman–Crippen MR) is 97.1 cm³/mol. The van der Waals surface area contributed by atoms with E-state index < -0.39 is 0 Å². The molecule has 1 aliphatic heterocycles. The number of piperidine rings is 1. The normalized spacial score (nSPS) is 15.9. The molecule has 0 radical (unpaired) electrons. The number of nitrogens with zero attached hydrogens (tertiary/aromatic N) is 1. The van der Waals surface area contributed by atoms with Crippen LogP contribution in [0.15, 0.2) is 48.5 Å². The molecule has 4 nitrogen and oxygen atoms in total. The van der Waals surface area contributed by atoms with Crippen molar-refractivity contribution in [2.75, 3.05) is 18.8 Å². The number of carbonyl (C=O) groups excluding carboxylic acids is 1. The van der Waals surface area contributed by atoms with E-state index in [1.165, 1.54) is 17.7 Å². The van der Waals surface area contributed by atoms with Gasteiger partial charge in [0, 0.05) is 24.7 Å². The number of rotatable bonds is 5. The Morgan fingerprint density at radius 3 is 2.52 bits per heavy atom. The van der Waals surface area contributed by atoms with Crippen LogP contribution in [-0.2, 0) is 17.9 Å². The molecule has 0 atom stereocenters. The van der Waals surface area contributed by atoms with E-state index in [1.807, 2.05) is 18.2 Å². The number of amides is 1. The first-order valence-corrected chi connectivity index (χ1v) is 8.69. The van der Waals surface area contributed by atoms with E-state index in [4.69, 9.17) is 5.73 Å². The minimum absolute atomic E-state index is 0.0533. The van der Waals surface area contributed by atoms with Crippen LogP contribution >= 0.6 is 0 Å². The Labute approximate surface area is 147 Å². The van der Waals surface area contributed by atoms with Crippen molar-refractivity contribution in [2.24, 2.45) is 5.92 Å². The average molecular weight is 341 g/mol. The Morgan fingerprint density at radius 2 is 1.84 bits per heavy atom. The quantitative estimate of drug-likeness (QED) is 0.822. The first kappa shape index (κ1) is 17.4. The maximum atomic E-state index is 12.9. The molecular weight excluding hydrogens is 317 g/mol. The molecule has 5 heteroatoms. The van der Waals surface area contributed by atoms with Crippen molar-refractivity contribution in [2.45, 2.75) is 25.9 Å². The molecule has 0 saturated carbocycles. The first-order valence-electron chi connectivity index (χ1n) is 8.69. The Hall–Kier alpha value is -2.40. The van der Waals surface area contributed by atoms with Crippen molar-refractivity contribution in [3.63, 3.8) is 0 Å². The Morgan fingerprint density at radius 1 is 1.12 bits per heavy atom. The first-order chi connectivity index (χ1) is 12.1. The number of carbonyl (C=O) groups is 1. The van der Waals surface area contributed by atoms with Crippen LogP contribution in [0, 0.1) is 11.7 Å². The van der Waals surface area contributed by atoms with Gasteiger partial charge in [-0.15, -0.1) is 0 Å². The van der Waals surface area contributed by atoms with E-state index >= 15 is 0 Å². The van der Waals surface area contributed by atoms with Gasteiger partial charge in [-0.2, -0.15) is 0 Å². The van der Waals surface area contributed by atoms with Crippen LogP contribution in [0.5, 0.6) is 0 Å². The fraction of sp³-hybridized carbons (Fsp3) is 0.350. The molecule has 25 heavy (non-hydrogen) atoms. The Balaban J connectivity index is 1.43. The van der Waals surface area contributed by atoms with Crippen molar-refractivity contribution < 1.29 is 9.18 Å². The zero-order chi connectivity index (χ0) is 17.6. The standard InChI is InChI=1S/C20H24FN3O/c21-18-6-4-15(5-7-18)13-23-20(25)17-8-10-24(11-9-17)14-16-2-1-3-19(22)12-16/h1-7,12,17H,8-11,13-14,22H2,(H,23,25). The molecule has 0 bridgehead atoms. The number of benzene rings is 2. The third-order valence-electron chi connectivity index (χ3n) is 4.70. The summed E-state index contributed by atoms with van der Waals surface area (Å²) in [6.45, 7) is 3.13. The molecule has 3 N–H and O–H groups in total. The second-order valence-corrected chi connectivity index (χ2v) is 6.64. The lowest BCUT2D eigenvalue weighted by Crippen LogP contribution is -2.40. The van der Waals surface area contributed by atoms with Gasteiger partial charge in [0.25, 0.3) is 0 Å². The van der Waals surface area contributed by atoms with E-state index in [0.717, 1.165) is 43.7 Å². The van der Waals surface area contributed by atoms with Gasteiger partial charge in [0.05, 0.1) is 0 Å². The van der Waals surface area contributed by atoms with Gasteiger partial charge in [-0.3, -0.25) is 9.69 Å². The van der Waals surface area contributed by atoms with Gasteiger partial charge in [-0.1, -0.05) is 24.3 Å². The second-order valence-electron chi connectivity index (χ2n) is 6.64. The van der Waals surface area contributed by atoms with E-state index in [2.05, 4.69) is 16.3 Å². The van der Waals surface area contributed by atoms with Gasteiger partial charge in [0.2, 0.25) is 5.91 Å². The van der Waals surface area contributed by atoms with Crippen molar-refractivity contribution in [1.82, 2.24) is 10.2 Å². The lowest BCUT2D eigenvalue weighted by molar-refractivity contribution is -0.126. The number of nitrogens with one attached hydrogen (secondary N) is 1. The maximum absolute atomic E-state index is 12.9. The van der Waals surface area contributed by atoms with Crippen LogP contribution in [-0.4, -0.2) is 23.9 Å². The molecule has 1 aliphatic rings. The van der Waals surface area contributed by atoms with Crippen LogP contribution in [0.4, 0.5) is 10.1 Å². The van der Waals surface area contributed by atoms with E-state index in [1.54, 1.807) is 12.1 Å². The highest BCUT2D eigenvalue weighted by molar-refractivity contribution is 5.78. The summed E-state index contributed by atoms with van der Waals surface area (Å²) in [5.74, 6) is -0.118. The minimum atomic E-state index is -0.261. The lowest BCUT2D eigenvalue weighted by atomic mass is 9.95. The summed E-state index contributed by atoms with van der Waals surface area (Å²) in [4.78, 5) is 14.7. The lowest BCUT2D eigenvalue weighted by Gasteiger charge is -2.31. The number of nitrogens with two attached hydrogens (primary N) is 1. The fourth-order valence-corrected chi connectivity index (χ4v) is 3.24. The Bertz CT molecular complexity index is 709. The summed E-state index contributed by atoms with van der Waals surface area (Å²) >= 11 is 0. The Kier molecular flexibility index (Phi) is 5.66. The number of halogens is 1. The summed E-state index contributed by atoms with van der Waals surface area (Å²) in [5, 5.41) is 2.96. The zero-order valence-electron chi connectivity index (χ0n) is 14.2. The van der Waals surface area contributed by atoms with Gasteiger partial charge in [-0.25, -0.2) is 4.39 Å². The highest BCUT2D eigenvalue weighted by Crippen LogP contribution is 2.20. The number of hydrogen-bond acceptors (Lipinski definition) is 3. The third kappa shape index (κ3) is 5.03. The molecule has 1 amide bonds. The van der Waals surface area contributed by atoms with Crippen LogP contribution in [0.2, 0.25) is 0 Å². The fourth-order valence-electron chi connectivity index (χ4n) is 3.24. The maximum Gasteiger partial charge on any atom is 0.223 e. The second kappa shape index (κ2) is 8.12. The van der Waals surface area contributed by atoms with Crippen molar-refractivity contribution in [3.05, 3.63) is 65.5 Å².